The van der Waals surface area contributed by atoms with Crippen LogP contribution in [0.25, 0.3) is 0 Å². The molecule has 1 aromatic carbocycles. The molecule has 0 unspecified atom stereocenters. The summed E-state index contributed by atoms with van der Waals surface area (Å²) in [4.78, 5) is 35.5. The van der Waals surface area contributed by atoms with E-state index in [9.17, 15) is 14.4 Å². The third kappa shape index (κ3) is 3.47. The molecule has 1 heterocycles. The first-order valence-electron chi connectivity index (χ1n) is 6.24. The normalized spacial score (nSPS) is 14.6. The molecule has 20 heavy (non-hydrogen) atoms. The van der Waals surface area contributed by atoms with Gasteiger partial charge in [-0.2, -0.15) is 0 Å². The van der Waals surface area contributed by atoms with Gasteiger partial charge in [0, 0.05) is 24.3 Å². The van der Waals surface area contributed by atoms with Gasteiger partial charge in [0.1, 0.15) is 0 Å². The largest absolute Gasteiger partial charge is 0.376 e. The Morgan fingerprint density at radius 3 is 2.60 bits per heavy atom. The number of hydrogen-bond acceptors (Lipinski definition) is 4. The van der Waals surface area contributed by atoms with Crippen LogP contribution < -0.4 is 16.4 Å². The van der Waals surface area contributed by atoms with Crippen LogP contribution in [0.1, 0.15) is 10.4 Å². The third-order valence-corrected chi connectivity index (χ3v) is 3.00. The van der Waals surface area contributed by atoms with Crippen LogP contribution >= 0.6 is 0 Å². The molecule has 1 aliphatic heterocycles. The minimum Gasteiger partial charge on any atom is -0.376 e. The summed E-state index contributed by atoms with van der Waals surface area (Å²) < 4.78 is 0. The maximum Gasteiger partial charge on any atom is 0.248 e. The first-order chi connectivity index (χ1) is 9.56. The van der Waals surface area contributed by atoms with E-state index in [4.69, 9.17) is 5.73 Å². The van der Waals surface area contributed by atoms with Gasteiger partial charge in [-0.1, -0.05) is 0 Å². The zero-order valence-electron chi connectivity index (χ0n) is 10.9. The average Bonchev–Trinajstić information content (AvgIpc) is 2.45. The summed E-state index contributed by atoms with van der Waals surface area (Å²) in [5, 5.41) is 5.61. The maximum absolute atomic E-state index is 11.9. The Hall–Kier alpha value is -2.57. The number of carbonyl (C=O) groups is 3. The Kier molecular flexibility index (Phi) is 4.19. The number of piperazine rings is 1. The van der Waals surface area contributed by atoms with Gasteiger partial charge in [-0.05, 0) is 24.3 Å². The average molecular weight is 276 g/mol. The van der Waals surface area contributed by atoms with Gasteiger partial charge in [-0.25, -0.2) is 0 Å². The maximum atomic E-state index is 11.9. The lowest BCUT2D eigenvalue weighted by molar-refractivity contribution is -0.136. The summed E-state index contributed by atoms with van der Waals surface area (Å²) >= 11 is 0. The molecule has 0 spiro atoms. The summed E-state index contributed by atoms with van der Waals surface area (Å²) in [5.74, 6) is -0.777. The highest BCUT2D eigenvalue weighted by atomic mass is 16.2. The van der Waals surface area contributed by atoms with E-state index in [1.54, 1.807) is 24.3 Å². The minimum atomic E-state index is -0.494. The molecule has 0 aromatic heterocycles. The molecular formula is C13H16N4O3. The molecule has 1 aromatic rings. The van der Waals surface area contributed by atoms with Gasteiger partial charge < -0.3 is 21.3 Å². The van der Waals surface area contributed by atoms with E-state index in [1.165, 1.54) is 4.90 Å². The number of hydrogen-bond donors (Lipinski definition) is 3. The smallest absolute Gasteiger partial charge is 0.248 e. The van der Waals surface area contributed by atoms with Crippen molar-refractivity contribution in [2.75, 3.05) is 31.5 Å². The van der Waals surface area contributed by atoms with Crippen molar-refractivity contribution in [2.24, 2.45) is 5.73 Å². The van der Waals surface area contributed by atoms with Gasteiger partial charge in [0.25, 0.3) is 0 Å². The van der Waals surface area contributed by atoms with Gasteiger partial charge in [0.2, 0.25) is 17.7 Å². The number of benzene rings is 1. The molecule has 0 saturated carbocycles. The van der Waals surface area contributed by atoms with Gasteiger partial charge in [0.05, 0.1) is 13.1 Å². The minimum absolute atomic E-state index is 0.0983. The lowest BCUT2D eigenvalue weighted by Crippen LogP contribution is -2.51. The second kappa shape index (κ2) is 6.05. The van der Waals surface area contributed by atoms with Crippen molar-refractivity contribution in [1.82, 2.24) is 10.2 Å². The van der Waals surface area contributed by atoms with E-state index in [-0.39, 0.29) is 24.9 Å². The number of nitrogens with two attached hydrogens (primary N) is 1. The Labute approximate surface area is 116 Å². The fourth-order valence-electron chi connectivity index (χ4n) is 1.89. The van der Waals surface area contributed by atoms with Crippen molar-refractivity contribution in [3.05, 3.63) is 29.8 Å². The zero-order valence-corrected chi connectivity index (χ0v) is 10.9. The Morgan fingerprint density at radius 2 is 2.00 bits per heavy atom. The van der Waals surface area contributed by atoms with Crippen LogP contribution in [-0.4, -0.2) is 48.8 Å². The fraction of sp³-hybridized carbons (Fsp3) is 0.308. The molecule has 0 bridgehead atoms. The van der Waals surface area contributed by atoms with Crippen LogP contribution in [0.4, 0.5) is 5.69 Å². The van der Waals surface area contributed by atoms with E-state index in [0.717, 1.165) is 0 Å². The molecule has 7 heteroatoms. The molecule has 4 N–H and O–H groups in total. The van der Waals surface area contributed by atoms with Gasteiger partial charge >= 0.3 is 0 Å². The fourth-order valence-corrected chi connectivity index (χ4v) is 1.89. The molecule has 1 fully saturated rings. The summed E-state index contributed by atoms with van der Waals surface area (Å²) in [6.07, 6.45) is 0. The predicted molar refractivity (Wildman–Crippen MR) is 73.0 cm³/mol. The van der Waals surface area contributed by atoms with Crippen molar-refractivity contribution >= 4 is 23.4 Å². The highest BCUT2D eigenvalue weighted by Crippen LogP contribution is 2.09. The lowest BCUT2D eigenvalue weighted by Gasteiger charge is -2.26. The van der Waals surface area contributed by atoms with Crippen molar-refractivity contribution in [3.63, 3.8) is 0 Å². The second-order valence-electron chi connectivity index (χ2n) is 4.46. The number of carbonyl (C=O) groups excluding carboxylic acids is 3. The highest BCUT2D eigenvalue weighted by molar-refractivity contribution is 5.93. The molecule has 7 nitrogen and oxygen atoms in total. The number of rotatable bonds is 4. The number of nitrogens with zero attached hydrogens (tertiary/aromatic N) is 1. The van der Waals surface area contributed by atoms with E-state index < -0.39 is 5.91 Å². The molecule has 0 radical (unpaired) electrons. The molecule has 0 aliphatic carbocycles. The zero-order chi connectivity index (χ0) is 14.5. The highest BCUT2D eigenvalue weighted by Gasteiger charge is 2.20. The summed E-state index contributed by atoms with van der Waals surface area (Å²) in [7, 11) is 0. The topological polar surface area (TPSA) is 105 Å². The summed E-state index contributed by atoms with van der Waals surface area (Å²) in [6.45, 7) is 1.20. The third-order valence-electron chi connectivity index (χ3n) is 3.00. The van der Waals surface area contributed by atoms with Crippen LogP contribution in [-0.2, 0) is 9.59 Å². The van der Waals surface area contributed by atoms with Gasteiger partial charge in [-0.15, -0.1) is 0 Å². The molecule has 1 aliphatic rings. The standard InChI is InChI=1S/C13H16N4O3/c14-13(20)9-1-3-10(4-2-9)16-7-12(19)17-6-5-15-11(18)8-17/h1-4,16H,5-8H2,(H2,14,20)(H,15,18). The molecule has 106 valence electrons. The van der Waals surface area contributed by atoms with Crippen molar-refractivity contribution in [1.29, 1.82) is 0 Å². The predicted octanol–water partition coefficient (Wildman–Crippen LogP) is -0.844. The van der Waals surface area contributed by atoms with Gasteiger partial charge in [-0.3, -0.25) is 14.4 Å². The summed E-state index contributed by atoms with van der Waals surface area (Å²) in [6, 6.07) is 6.53. The summed E-state index contributed by atoms with van der Waals surface area (Å²) in [5.41, 5.74) is 6.26. The Balaban J connectivity index is 1.86. The molecular weight excluding hydrogens is 260 g/mol. The molecule has 2 rings (SSSR count). The van der Waals surface area contributed by atoms with E-state index >= 15 is 0 Å². The van der Waals surface area contributed by atoms with E-state index in [0.29, 0.717) is 24.3 Å². The number of anilines is 1. The van der Waals surface area contributed by atoms with Crippen LogP contribution in [0, 0.1) is 0 Å². The number of amides is 3. The lowest BCUT2D eigenvalue weighted by atomic mass is 10.2. The molecule has 0 atom stereocenters. The van der Waals surface area contributed by atoms with Crippen LogP contribution in [0.5, 0.6) is 0 Å². The van der Waals surface area contributed by atoms with Crippen molar-refractivity contribution in [3.8, 4) is 0 Å². The molecule has 3 amide bonds. The van der Waals surface area contributed by atoms with Crippen LogP contribution in [0.15, 0.2) is 24.3 Å². The van der Waals surface area contributed by atoms with Crippen molar-refractivity contribution in [2.45, 2.75) is 0 Å². The first kappa shape index (κ1) is 13.9. The number of nitrogens with one attached hydrogen (secondary N) is 2. The Bertz CT molecular complexity index is 527. The quantitative estimate of drug-likeness (QED) is 0.666. The SMILES string of the molecule is NC(=O)c1ccc(NCC(=O)N2CCNC(=O)C2)cc1. The van der Waals surface area contributed by atoms with Crippen molar-refractivity contribution < 1.29 is 14.4 Å². The van der Waals surface area contributed by atoms with E-state index in [2.05, 4.69) is 10.6 Å². The van der Waals surface area contributed by atoms with Crippen LogP contribution in [0.3, 0.4) is 0 Å². The molecule has 1 saturated heterocycles. The monoisotopic (exact) mass is 276 g/mol. The number of primary amides is 1. The first-order valence-corrected chi connectivity index (χ1v) is 6.24. The second-order valence-corrected chi connectivity index (χ2v) is 4.46. The van der Waals surface area contributed by atoms with Crippen LogP contribution in [0.2, 0.25) is 0 Å². The Morgan fingerprint density at radius 1 is 1.30 bits per heavy atom. The van der Waals surface area contributed by atoms with E-state index in [1.807, 2.05) is 0 Å². The van der Waals surface area contributed by atoms with Gasteiger partial charge in [0.15, 0.2) is 0 Å².